The Kier molecular flexibility index (Phi) is 15.6. The molecule has 0 aliphatic rings. The van der Waals surface area contributed by atoms with Gasteiger partial charge in [0.15, 0.2) is 0 Å². The highest BCUT2D eigenvalue weighted by Gasteiger charge is 2.24. The minimum atomic E-state index is -3.52. The van der Waals surface area contributed by atoms with Crippen molar-refractivity contribution in [2.45, 2.75) is 26.7 Å². The summed E-state index contributed by atoms with van der Waals surface area (Å²) in [5.41, 5.74) is 0.0889. The minimum absolute atomic E-state index is 0.0416. The molecular weight excluding hydrogens is 513 g/mol. The van der Waals surface area contributed by atoms with E-state index in [1.54, 1.807) is 26.0 Å². The Morgan fingerprint density at radius 3 is 2.29 bits per heavy atom. The van der Waals surface area contributed by atoms with Crippen LogP contribution in [0.25, 0.3) is 0 Å². The van der Waals surface area contributed by atoms with Crippen molar-refractivity contribution in [3.8, 4) is 5.75 Å². The van der Waals surface area contributed by atoms with Gasteiger partial charge in [-0.15, -0.1) is 10.1 Å². The molecule has 1 aromatic rings. The second-order valence-corrected chi connectivity index (χ2v) is 10.4. The Morgan fingerprint density at radius 2 is 1.65 bits per heavy atom. The highest BCUT2D eigenvalue weighted by molar-refractivity contribution is 8.76. The van der Waals surface area contributed by atoms with Crippen LogP contribution in [-0.4, -0.2) is 61.6 Å². The lowest BCUT2D eigenvalue weighted by molar-refractivity contribution is -0.757. The molecule has 0 aliphatic carbocycles. The molecule has 12 nitrogen and oxygen atoms in total. The second-order valence-electron chi connectivity index (χ2n) is 6.03. The second kappa shape index (κ2) is 17.6. The van der Waals surface area contributed by atoms with Crippen LogP contribution in [-0.2, 0) is 32.5 Å². The van der Waals surface area contributed by atoms with Gasteiger partial charge in [0, 0.05) is 17.9 Å². The molecule has 0 saturated carbocycles. The predicted octanol–water partition coefficient (Wildman–Crippen LogP) is 4.32. The van der Waals surface area contributed by atoms with E-state index in [1.165, 1.54) is 33.7 Å². The summed E-state index contributed by atoms with van der Waals surface area (Å²) in [6.07, 6.45) is -0.0133. The van der Waals surface area contributed by atoms with Crippen LogP contribution in [0.3, 0.4) is 0 Å². The van der Waals surface area contributed by atoms with Gasteiger partial charge >= 0.3 is 19.8 Å². The number of phosphoric ester groups is 1. The first-order chi connectivity index (χ1) is 16.3. The van der Waals surface area contributed by atoms with Gasteiger partial charge in [-0.2, -0.15) is 0 Å². The molecule has 1 aromatic carbocycles. The van der Waals surface area contributed by atoms with Crippen LogP contribution in [0.2, 0.25) is 0 Å². The number of phosphoric acid groups is 1. The number of rotatable bonds is 19. The number of esters is 2. The predicted molar refractivity (Wildman–Crippen MR) is 126 cm³/mol. The number of nitrogens with zero attached hydrogens (tertiary/aromatic N) is 1. The van der Waals surface area contributed by atoms with E-state index in [-0.39, 0.29) is 57.2 Å². The third kappa shape index (κ3) is 13.2. The molecule has 0 heterocycles. The van der Waals surface area contributed by atoms with Crippen LogP contribution < -0.4 is 4.74 Å². The zero-order chi connectivity index (χ0) is 25.2. The van der Waals surface area contributed by atoms with Crippen molar-refractivity contribution in [1.29, 1.82) is 0 Å². The number of hydrogen-bond donors (Lipinski definition) is 0. The van der Waals surface area contributed by atoms with E-state index >= 15 is 0 Å². The first-order valence-corrected chi connectivity index (χ1v) is 14.3. The number of para-hydroxylation sites is 1. The quantitative estimate of drug-likeness (QED) is 0.0466. The Hall–Kier alpha value is -1.83. The Morgan fingerprint density at radius 1 is 1.00 bits per heavy atom. The molecule has 0 aromatic heterocycles. The van der Waals surface area contributed by atoms with Gasteiger partial charge in [0.2, 0.25) is 0 Å². The van der Waals surface area contributed by atoms with Crippen LogP contribution in [0.4, 0.5) is 0 Å². The molecule has 0 radical (unpaired) electrons. The summed E-state index contributed by atoms with van der Waals surface area (Å²) in [6, 6.07) is 6.12. The third-order valence-electron chi connectivity index (χ3n) is 3.53. The molecule has 0 spiro atoms. The van der Waals surface area contributed by atoms with Gasteiger partial charge in [-0.05, 0) is 32.4 Å². The normalized spacial score (nSPS) is 11.1. The summed E-state index contributed by atoms with van der Waals surface area (Å²) in [6.45, 7) is 3.88. The maximum absolute atomic E-state index is 12.3. The summed E-state index contributed by atoms with van der Waals surface area (Å²) < 4.78 is 37.8. The Balaban J connectivity index is 2.31. The van der Waals surface area contributed by atoms with Crippen molar-refractivity contribution in [2.24, 2.45) is 0 Å². The molecule has 34 heavy (non-hydrogen) atoms. The summed E-state index contributed by atoms with van der Waals surface area (Å²) in [5.74, 6) is -0.250. The van der Waals surface area contributed by atoms with Gasteiger partial charge in [0.1, 0.15) is 17.9 Å². The molecule has 15 heteroatoms. The van der Waals surface area contributed by atoms with Gasteiger partial charge in [0.25, 0.3) is 5.09 Å². The molecule has 0 aliphatic heterocycles. The molecule has 0 amide bonds. The molecule has 1 rings (SSSR count). The van der Waals surface area contributed by atoms with E-state index in [9.17, 15) is 24.3 Å². The molecule has 0 fully saturated rings. The van der Waals surface area contributed by atoms with Crippen LogP contribution >= 0.6 is 29.4 Å². The van der Waals surface area contributed by atoms with Crippen LogP contribution in [0, 0.1) is 10.1 Å². The summed E-state index contributed by atoms with van der Waals surface area (Å²) >= 11 is 0. The van der Waals surface area contributed by atoms with Gasteiger partial charge in [-0.25, -0.2) is 9.36 Å². The van der Waals surface area contributed by atoms with Gasteiger partial charge in [0.05, 0.1) is 26.4 Å². The number of ether oxygens (including phenoxy) is 2. The maximum Gasteiger partial charge on any atom is 0.474 e. The molecule has 192 valence electrons. The van der Waals surface area contributed by atoms with Crippen molar-refractivity contribution < 1.29 is 47.1 Å². The topological polar surface area (TPSA) is 150 Å². The van der Waals surface area contributed by atoms with Crippen LogP contribution in [0.1, 0.15) is 37.0 Å². The monoisotopic (exact) mass is 541 g/mol. The number of carbonyl (C=O) groups excluding carboxylic acids is 2. The van der Waals surface area contributed by atoms with Crippen LogP contribution in [0.5, 0.6) is 5.75 Å². The standard InChI is InChI=1S/C19H28NO11PS2/c1-3-28-32(25,29-4-2)30-13-15-34-33-14-12-26-19(22)16-8-5-6-9-17(16)31-18(21)10-7-11-27-20(23)24/h5-6,8-9H,3-4,7,10-15H2,1-2H3. The zero-order valence-electron chi connectivity index (χ0n) is 18.9. The van der Waals surface area contributed by atoms with Gasteiger partial charge in [-0.3, -0.25) is 18.4 Å². The van der Waals surface area contributed by atoms with E-state index in [0.29, 0.717) is 11.5 Å². The highest BCUT2D eigenvalue weighted by atomic mass is 33.1. The molecular formula is C19H28NO11PS2. The largest absolute Gasteiger partial charge is 0.474 e. The Bertz CT molecular complexity index is 817. The first-order valence-electron chi connectivity index (χ1n) is 10.3. The zero-order valence-corrected chi connectivity index (χ0v) is 21.4. The molecule has 0 bridgehead atoms. The fraction of sp³-hybridized carbons (Fsp3) is 0.579. The lowest BCUT2D eigenvalue weighted by Crippen LogP contribution is -2.14. The number of hydrogen-bond acceptors (Lipinski definition) is 13. The maximum atomic E-state index is 12.3. The van der Waals surface area contributed by atoms with Crippen molar-refractivity contribution >= 4 is 41.3 Å². The fourth-order valence-corrected chi connectivity index (χ4v) is 5.18. The first kappa shape index (κ1) is 30.2. The van der Waals surface area contributed by atoms with E-state index in [2.05, 4.69) is 4.84 Å². The van der Waals surface area contributed by atoms with Crippen LogP contribution in [0.15, 0.2) is 24.3 Å². The molecule has 0 saturated heterocycles. The molecule has 0 atom stereocenters. The van der Waals surface area contributed by atoms with Crippen molar-refractivity contribution in [3.05, 3.63) is 39.9 Å². The lowest BCUT2D eigenvalue weighted by atomic mass is 10.2. The highest BCUT2D eigenvalue weighted by Crippen LogP contribution is 2.49. The minimum Gasteiger partial charge on any atom is -0.461 e. The lowest BCUT2D eigenvalue weighted by Gasteiger charge is -2.15. The van der Waals surface area contributed by atoms with Gasteiger partial charge in [-0.1, -0.05) is 33.7 Å². The number of carbonyl (C=O) groups is 2. The SMILES string of the molecule is CCOP(=O)(OCC)OCCSSCCOC(=O)c1ccccc1OC(=O)CCCO[N+](=O)[O-]. The van der Waals surface area contributed by atoms with Crippen molar-refractivity contribution in [1.82, 2.24) is 0 Å². The van der Waals surface area contributed by atoms with E-state index in [1.807, 2.05) is 0 Å². The smallest absolute Gasteiger partial charge is 0.461 e. The van der Waals surface area contributed by atoms with Crippen molar-refractivity contribution in [2.75, 3.05) is 44.5 Å². The van der Waals surface area contributed by atoms with E-state index in [4.69, 9.17) is 23.0 Å². The Labute approximate surface area is 205 Å². The average molecular weight is 542 g/mol. The fourth-order valence-electron chi connectivity index (χ4n) is 2.23. The third-order valence-corrected chi connectivity index (χ3v) is 7.51. The average Bonchev–Trinajstić information content (AvgIpc) is 2.79. The van der Waals surface area contributed by atoms with Crippen molar-refractivity contribution in [3.63, 3.8) is 0 Å². The molecule has 0 unspecified atom stereocenters. The van der Waals surface area contributed by atoms with Gasteiger partial charge < -0.3 is 14.3 Å². The summed E-state index contributed by atoms with van der Waals surface area (Å²) in [7, 11) is -0.631. The van der Waals surface area contributed by atoms with E-state index < -0.39 is 24.8 Å². The summed E-state index contributed by atoms with van der Waals surface area (Å²) in [4.78, 5) is 38.5. The van der Waals surface area contributed by atoms with E-state index in [0.717, 1.165) is 0 Å². The molecule has 0 N–H and O–H groups in total. The summed E-state index contributed by atoms with van der Waals surface area (Å²) in [5, 5.41) is 9.16. The number of benzene rings is 1.